The van der Waals surface area contributed by atoms with E-state index in [9.17, 15) is 23.6 Å². The topological polar surface area (TPSA) is 92.3 Å². The molecule has 0 saturated carbocycles. The van der Waals surface area contributed by atoms with Crippen LogP contribution in [0.3, 0.4) is 0 Å². The predicted molar refractivity (Wildman–Crippen MR) is 83.8 cm³/mol. The van der Waals surface area contributed by atoms with Crippen molar-refractivity contribution in [1.82, 2.24) is 0 Å². The lowest BCUT2D eigenvalue weighted by molar-refractivity contribution is -0.112. The number of amides is 2. The second kappa shape index (κ2) is 5.86. The Bertz CT molecular complexity index is 851. The summed E-state index contributed by atoms with van der Waals surface area (Å²) in [5, 5.41) is 5.20. The Balaban J connectivity index is 0.000000141. The molecule has 0 atom stereocenters. The number of nitrogens with one attached hydrogen (secondary N) is 2. The van der Waals surface area contributed by atoms with Crippen LogP contribution in [0.15, 0.2) is 36.4 Å². The molecule has 2 aliphatic heterocycles. The number of halogens is 2. The van der Waals surface area contributed by atoms with E-state index in [0.29, 0.717) is 22.0 Å². The molecule has 0 saturated heterocycles. The number of hydrogen-bond donors (Lipinski definition) is 2. The minimum atomic E-state index is -0.699. The van der Waals surface area contributed by atoms with E-state index < -0.39 is 29.2 Å². The fraction of sp³-hybridized carbons (Fsp3) is 0. The van der Waals surface area contributed by atoms with Crippen LogP contribution in [0.1, 0.15) is 20.7 Å². The van der Waals surface area contributed by atoms with Crippen molar-refractivity contribution < 1.29 is 23.6 Å². The molecule has 0 aromatic heterocycles. The van der Waals surface area contributed by atoms with Crippen LogP contribution in [-0.2, 0) is 9.59 Å². The summed E-state index contributed by atoms with van der Waals surface area (Å²) in [6, 6.07) is 8.33. The first-order chi connectivity index (χ1) is 11.4. The molecule has 2 heterocycles. The van der Waals surface area contributed by atoms with Gasteiger partial charge >= 0.3 is 0 Å². The molecule has 0 aliphatic carbocycles. The van der Waals surface area contributed by atoms with Gasteiger partial charge in [0.15, 0.2) is 0 Å². The number of hydrogen-bond acceptors (Lipinski definition) is 4. The highest BCUT2D eigenvalue weighted by molar-refractivity contribution is 6.52. The van der Waals surface area contributed by atoms with E-state index in [4.69, 9.17) is 11.6 Å². The van der Waals surface area contributed by atoms with Gasteiger partial charge in [0, 0.05) is 5.02 Å². The maximum atomic E-state index is 12.6. The molecule has 120 valence electrons. The lowest BCUT2D eigenvalue weighted by Gasteiger charge is -1.94. The first-order valence-electron chi connectivity index (χ1n) is 6.67. The third-order valence-electron chi connectivity index (χ3n) is 3.36. The van der Waals surface area contributed by atoms with Gasteiger partial charge in [-0.05, 0) is 36.4 Å². The summed E-state index contributed by atoms with van der Waals surface area (Å²) in [6.07, 6.45) is 0. The second-order valence-corrected chi connectivity index (χ2v) is 5.38. The minimum absolute atomic E-state index is 0.111. The SMILES string of the molecule is O=C1Nc2ccc(Cl)cc2C1=O.O=C1Nc2ccc(F)cc2C1=O. The summed E-state index contributed by atoms with van der Waals surface area (Å²) >= 11 is 5.65. The van der Waals surface area contributed by atoms with Crippen LogP contribution in [0.4, 0.5) is 15.8 Å². The Labute approximate surface area is 139 Å². The Morgan fingerprint density at radius 1 is 0.750 bits per heavy atom. The largest absolute Gasteiger partial charge is 0.318 e. The molecule has 4 rings (SSSR count). The van der Waals surface area contributed by atoms with Gasteiger partial charge in [-0.2, -0.15) is 0 Å². The number of benzene rings is 2. The van der Waals surface area contributed by atoms with Crippen molar-refractivity contribution in [2.45, 2.75) is 0 Å². The van der Waals surface area contributed by atoms with Gasteiger partial charge in [-0.3, -0.25) is 19.2 Å². The van der Waals surface area contributed by atoms with E-state index in [0.717, 1.165) is 6.07 Å². The molecule has 2 N–H and O–H groups in total. The Hall–Kier alpha value is -3.06. The molecule has 6 nitrogen and oxygen atoms in total. The third-order valence-corrected chi connectivity index (χ3v) is 3.60. The average molecular weight is 347 g/mol. The molecular weight excluding hydrogens is 339 g/mol. The molecule has 2 amide bonds. The predicted octanol–water partition coefficient (Wildman–Crippen LogP) is 2.44. The van der Waals surface area contributed by atoms with Crippen molar-refractivity contribution in [1.29, 1.82) is 0 Å². The molecule has 2 aromatic carbocycles. The van der Waals surface area contributed by atoms with Gasteiger partial charge in [0.25, 0.3) is 23.4 Å². The van der Waals surface area contributed by atoms with Crippen LogP contribution in [0, 0.1) is 5.82 Å². The van der Waals surface area contributed by atoms with E-state index in [1.807, 2.05) is 0 Å². The average Bonchev–Trinajstić information content (AvgIpc) is 2.99. The molecule has 0 spiro atoms. The highest BCUT2D eigenvalue weighted by atomic mass is 35.5. The number of anilines is 2. The van der Waals surface area contributed by atoms with Gasteiger partial charge in [0.1, 0.15) is 5.82 Å². The molecule has 0 radical (unpaired) electrons. The van der Waals surface area contributed by atoms with Gasteiger partial charge < -0.3 is 10.6 Å². The van der Waals surface area contributed by atoms with E-state index in [-0.39, 0.29) is 5.56 Å². The summed E-state index contributed by atoms with van der Waals surface area (Å²) in [5.74, 6) is -3.00. The van der Waals surface area contributed by atoms with Gasteiger partial charge in [0.2, 0.25) is 0 Å². The summed E-state index contributed by atoms with van der Waals surface area (Å²) < 4.78 is 12.6. The molecular formula is C16H8ClFN2O4. The quantitative estimate of drug-likeness (QED) is 0.717. The number of rotatable bonds is 0. The summed E-state index contributed by atoms with van der Waals surface area (Å²) in [5.41, 5.74) is 1.38. The molecule has 0 bridgehead atoms. The molecule has 8 heteroatoms. The maximum Gasteiger partial charge on any atom is 0.296 e. The van der Waals surface area contributed by atoms with E-state index in [1.165, 1.54) is 18.2 Å². The second-order valence-electron chi connectivity index (χ2n) is 4.95. The zero-order valence-electron chi connectivity index (χ0n) is 11.9. The number of ketones is 2. The first-order valence-corrected chi connectivity index (χ1v) is 7.05. The van der Waals surface area contributed by atoms with Crippen LogP contribution in [0.5, 0.6) is 0 Å². The standard InChI is InChI=1S/C8H4ClNO2.C8H4FNO2/c2*9-4-1-2-6-5(3-4)7(11)8(12)10-6/h2*1-3H,(H,10,11,12). The normalized spacial score (nSPS) is 14.4. The van der Waals surface area contributed by atoms with Gasteiger partial charge in [-0.25, -0.2) is 4.39 Å². The zero-order chi connectivity index (χ0) is 17.4. The van der Waals surface area contributed by atoms with Crippen molar-refractivity contribution in [3.8, 4) is 0 Å². The van der Waals surface area contributed by atoms with Crippen LogP contribution < -0.4 is 10.6 Å². The Morgan fingerprint density at radius 2 is 1.25 bits per heavy atom. The van der Waals surface area contributed by atoms with Gasteiger partial charge in [0.05, 0.1) is 22.5 Å². The molecule has 2 aromatic rings. The monoisotopic (exact) mass is 346 g/mol. The fourth-order valence-corrected chi connectivity index (χ4v) is 2.40. The van der Waals surface area contributed by atoms with Crippen LogP contribution in [0.25, 0.3) is 0 Å². The third kappa shape index (κ3) is 2.77. The molecule has 0 fully saturated rings. The Kier molecular flexibility index (Phi) is 3.86. The molecule has 2 aliphatic rings. The Morgan fingerprint density at radius 3 is 1.83 bits per heavy atom. The van der Waals surface area contributed by atoms with E-state index in [1.54, 1.807) is 12.1 Å². The molecule has 0 unspecified atom stereocenters. The lowest BCUT2D eigenvalue weighted by Crippen LogP contribution is -2.12. The number of Topliss-reactive ketones (excluding diaryl/α,β-unsaturated/α-hetero) is 2. The fourth-order valence-electron chi connectivity index (χ4n) is 2.23. The van der Waals surface area contributed by atoms with Crippen molar-refractivity contribution >= 4 is 46.4 Å². The van der Waals surface area contributed by atoms with Crippen molar-refractivity contribution in [2.75, 3.05) is 10.6 Å². The highest BCUT2D eigenvalue weighted by Gasteiger charge is 2.28. The van der Waals surface area contributed by atoms with Crippen molar-refractivity contribution in [3.63, 3.8) is 0 Å². The van der Waals surface area contributed by atoms with Crippen LogP contribution in [0.2, 0.25) is 5.02 Å². The van der Waals surface area contributed by atoms with E-state index in [2.05, 4.69) is 10.6 Å². The summed E-state index contributed by atoms with van der Waals surface area (Å²) in [6.45, 7) is 0. The maximum absolute atomic E-state index is 12.6. The van der Waals surface area contributed by atoms with E-state index >= 15 is 0 Å². The van der Waals surface area contributed by atoms with Gasteiger partial charge in [-0.1, -0.05) is 11.6 Å². The highest BCUT2D eigenvalue weighted by Crippen LogP contribution is 2.25. The number of fused-ring (bicyclic) bond motifs is 2. The molecule has 24 heavy (non-hydrogen) atoms. The lowest BCUT2D eigenvalue weighted by atomic mass is 10.1. The first kappa shape index (κ1) is 15.8. The summed E-state index contributed by atoms with van der Waals surface area (Å²) in [7, 11) is 0. The van der Waals surface area contributed by atoms with Crippen molar-refractivity contribution in [3.05, 3.63) is 58.4 Å². The van der Waals surface area contributed by atoms with Gasteiger partial charge in [-0.15, -0.1) is 0 Å². The van der Waals surface area contributed by atoms with Crippen LogP contribution in [-0.4, -0.2) is 23.4 Å². The van der Waals surface area contributed by atoms with Crippen molar-refractivity contribution in [2.24, 2.45) is 0 Å². The number of carbonyl (C=O) groups excluding carboxylic acids is 4. The minimum Gasteiger partial charge on any atom is -0.318 e. The summed E-state index contributed by atoms with van der Waals surface area (Å²) in [4.78, 5) is 43.6. The zero-order valence-corrected chi connectivity index (χ0v) is 12.6. The van der Waals surface area contributed by atoms with Crippen LogP contribution >= 0.6 is 11.6 Å². The number of carbonyl (C=O) groups is 4. The smallest absolute Gasteiger partial charge is 0.296 e.